The minimum absolute atomic E-state index is 0.375. The van der Waals surface area contributed by atoms with E-state index in [2.05, 4.69) is 23.7 Å². The van der Waals surface area contributed by atoms with Crippen LogP contribution in [0.5, 0.6) is 0 Å². The van der Waals surface area contributed by atoms with Gasteiger partial charge in [0.2, 0.25) is 0 Å². The lowest BCUT2D eigenvalue weighted by Crippen LogP contribution is -2.33. The monoisotopic (exact) mass is 277 g/mol. The van der Waals surface area contributed by atoms with E-state index >= 15 is 0 Å². The summed E-state index contributed by atoms with van der Waals surface area (Å²) in [4.78, 5) is 4.91. The van der Waals surface area contributed by atoms with E-state index in [1.807, 2.05) is 0 Å². The fourth-order valence-electron chi connectivity index (χ4n) is 3.43. The molecule has 0 aromatic carbocycles. The van der Waals surface area contributed by atoms with E-state index < -0.39 is 0 Å². The minimum Gasteiger partial charge on any atom is -0.381 e. The third kappa shape index (κ3) is 2.77. The van der Waals surface area contributed by atoms with E-state index in [-0.39, 0.29) is 0 Å². The zero-order valence-corrected chi connectivity index (χ0v) is 12.9. The molecular formula is C16H27N3O. The molecule has 0 spiro atoms. The molecule has 1 aromatic heterocycles. The molecule has 3 heterocycles. The Morgan fingerprint density at radius 2 is 2.15 bits per heavy atom. The SMILES string of the molecule is CCCc1nc2c(n1CC1(C)CCOCC1)CCNC2. The average molecular weight is 277 g/mol. The molecule has 0 atom stereocenters. The summed E-state index contributed by atoms with van der Waals surface area (Å²) >= 11 is 0. The number of fused-ring (bicyclic) bond motifs is 1. The number of hydrogen-bond donors (Lipinski definition) is 1. The Balaban J connectivity index is 1.88. The van der Waals surface area contributed by atoms with Crippen molar-refractivity contribution in [2.45, 2.75) is 59.0 Å². The van der Waals surface area contributed by atoms with Crippen LogP contribution >= 0.6 is 0 Å². The molecule has 0 bridgehead atoms. The van der Waals surface area contributed by atoms with Crippen molar-refractivity contribution in [2.24, 2.45) is 5.41 Å². The fourth-order valence-corrected chi connectivity index (χ4v) is 3.43. The zero-order valence-electron chi connectivity index (χ0n) is 12.9. The molecule has 20 heavy (non-hydrogen) atoms. The second kappa shape index (κ2) is 5.86. The van der Waals surface area contributed by atoms with Crippen LogP contribution in [0.4, 0.5) is 0 Å². The van der Waals surface area contributed by atoms with E-state index in [0.29, 0.717) is 5.41 Å². The molecule has 0 amide bonds. The van der Waals surface area contributed by atoms with Gasteiger partial charge in [-0.3, -0.25) is 0 Å². The summed E-state index contributed by atoms with van der Waals surface area (Å²) in [7, 11) is 0. The van der Waals surface area contributed by atoms with Gasteiger partial charge in [0.05, 0.1) is 5.69 Å². The number of ether oxygens (including phenoxy) is 1. The molecule has 4 heteroatoms. The van der Waals surface area contributed by atoms with Crippen molar-refractivity contribution in [2.75, 3.05) is 19.8 Å². The van der Waals surface area contributed by atoms with E-state index in [0.717, 1.165) is 45.7 Å². The molecule has 112 valence electrons. The van der Waals surface area contributed by atoms with Gasteiger partial charge in [-0.05, 0) is 24.7 Å². The molecule has 1 fully saturated rings. The predicted octanol–water partition coefficient (Wildman–Crippen LogP) is 2.30. The average Bonchev–Trinajstić information content (AvgIpc) is 2.78. The van der Waals surface area contributed by atoms with E-state index in [1.165, 1.54) is 36.5 Å². The number of hydrogen-bond acceptors (Lipinski definition) is 3. The standard InChI is InChI=1S/C16H27N3O/c1-3-4-15-18-13-11-17-8-5-14(13)19(15)12-16(2)6-9-20-10-7-16/h17H,3-12H2,1-2H3. The number of nitrogens with one attached hydrogen (secondary N) is 1. The molecule has 3 rings (SSSR count). The maximum absolute atomic E-state index is 5.54. The lowest BCUT2D eigenvalue weighted by atomic mass is 9.82. The highest BCUT2D eigenvalue weighted by Crippen LogP contribution is 2.33. The Morgan fingerprint density at radius 1 is 1.35 bits per heavy atom. The molecule has 1 N–H and O–H groups in total. The van der Waals surface area contributed by atoms with Gasteiger partial charge in [0.25, 0.3) is 0 Å². The van der Waals surface area contributed by atoms with Gasteiger partial charge in [-0.2, -0.15) is 0 Å². The molecule has 1 saturated heterocycles. The maximum atomic E-state index is 5.54. The van der Waals surface area contributed by atoms with Crippen LogP contribution in [-0.2, 0) is 30.7 Å². The smallest absolute Gasteiger partial charge is 0.109 e. The third-order valence-corrected chi connectivity index (χ3v) is 4.78. The van der Waals surface area contributed by atoms with Gasteiger partial charge < -0.3 is 14.6 Å². The maximum Gasteiger partial charge on any atom is 0.109 e. The van der Waals surface area contributed by atoms with Crippen molar-refractivity contribution in [1.82, 2.24) is 14.9 Å². The molecule has 2 aliphatic heterocycles. The van der Waals surface area contributed by atoms with E-state index in [9.17, 15) is 0 Å². The van der Waals surface area contributed by atoms with E-state index in [4.69, 9.17) is 9.72 Å². The first-order chi connectivity index (χ1) is 9.72. The normalized spacial score (nSPS) is 21.7. The van der Waals surface area contributed by atoms with Crippen LogP contribution in [0, 0.1) is 5.41 Å². The molecule has 0 saturated carbocycles. The van der Waals surface area contributed by atoms with Crippen molar-refractivity contribution in [3.63, 3.8) is 0 Å². The predicted molar refractivity (Wildman–Crippen MR) is 79.8 cm³/mol. The summed E-state index contributed by atoms with van der Waals surface area (Å²) < 4.78 is 8.09. The largest absolute Gasteiger partial charge is 0.381 e. The highest BCUT2D eigenvalue weighted by atomic mass is 16.5. The molecular weight excluding hydrogens is 250 g/mol. The van der Waals surface area contributed by atoms with Crippen molar-refractivity contribution in [3.8, 4) is 0 Å². The first-order valence-corrected chi connectivity index (χ1v) is 8.07. The Labute approximate surface area is 121 Å². The molecule has 0 radical (unpaired) electrons. The van der Waals surface area contributed by atoms with Crippen molar-refractivity contribution in [1.29, 1.82) is 0 Å². The third-order valence-electron chi connectivity index (χ3n) is 4.78. The lowest BCUT2D eigenvalue weighted by Gasteiger charge is -2.35. The molecule has 0 unspecified atom stereocenters. The Hall–Kier alpha value is -0.870. The molecule has 2 aliphatic rings. The van der Waals surface area contributed by atoms with Crippen LogP contribution in [0.15, 0.2) is 0 Å². The van der Waals surface area contributed by atoms with Crippen LogP contribution in [0.1, 0.15) is 50.3 Å². The lowest BCUT2D eigenvalue weighted by molar-refractivity contribution is 0.0147. The van der Waals surface area contributed by atoms with Crippen molar-refractivity contribution in [3.05, 3.63) is 17.2 Å². The summed E-state index contributed by atoms with van der Waals surface area (Å²) in [6.07, 6.45) is 5.73. The van der Waals surface area contributed by atoms with Gasteiger partial charge in [-0.15, -0.1) is 0 Å². The number of aryl methyl sites for hydroxylation is 1. The fraction of sp³-hybridized carbons (Fsp3) is 0.812. The number of imidazole rings is 1. The Kier molecular flexibility index (Phi) is 4.13. The van der Waals surface area contributed by atoms with Crippen molar-refractivity contribution < 1.29 is 4.74 Å². The van der Waals surface area contributed by atoms with E-state index in [1.54, 1.807) is 0 Å². The summed E-state index contributed by atoms with van der Waals surface area (Å²) in [6, 6.07) is 0. The number of rotatable bonds is 4. The summed E-state index contributed by atoms with van der Waals surface area (Å²) in [5.74, 6) is 1.30. The minimum atomic E-state index is 0.375. The summed E-state index contributed by atoms with van der Waals surface area (Å²) in [5.41, 5.74) is 3.15. The zero-order chi connectivity index (χ0) is 14.0. The van der Waals surface area contributed by atoms with Gasteiger partial charge in [0.15, 0.2) is 0 Å². The van der Waals surface area contributed by atoms with Crippen LogP contribution in [0.3, 0.4) is 0 Å². The van der Waals surface area contributed by atoms with Gasteiger partial charge in [-0.1, -0.05) is 13.8 Å². The van der Waals surface area contributed by atoms with Crippen LogP contribution < -0.4 is 5.32 Å². The highest BCUT2D eigenvalue weighted by molar-refractivity contribution is 5.21. The van der Waals surface area contributed by atoms with Gasteiger partial charge >= 0.3 is 0 Å². The van der Waals surface area contributed by atoms with Crippen LogP contribution in [-0.4, -0.2) is 29.3 Å². The first kappa shape index (κ1) is 14.1. The Morgan fingerprint density at radius 3 is 2.90 bits per heavy atom. The molecule has 1 aromatic rings. The molecule has 0 aliphatic carbocycles. The second-order valence-corrected chi connectivity index (χ2v) is 6.61. The number of aromatic nitrogens is 2. The number of nitrogens with zero attached hydrogens (tertiary/aromatic N) is 2. The van der Waals surface area contributed by atoms with Gasteiger partial charge in [0.1, 0.15) is 5.82 Å². The van der Waals surface area contributed by atoms with Crippen LogP contribution in [0.25, 0.3) is 0 Å². The summed E-state index contributed by atoms with van der Waals surface area (Å²) in [6.45, 7) is 9.64. The quantitative estimate of drug-likeness (QED) is 0.918. The van der Waals surface area contributed by atoms with Gasteiger partial charge in [-0.25, -0.2) is 4.98 Å². The van der Waals surface area contributed by atoms with Crippen molar-refractivity contribution >= 4 is 0 Å². The Bertz CT molecular complexity index is 461. The topological polar surface area (TPSA) is 39.1 Å². The van der Waals surface area contributed by atoms with Gasteiger partial charge in [0, 0.05) is 51.4 Å². The van der Waals surface area contributed by atoms with Crippen LogP contribution in [0.2, 0.25) is 0 Å². The highest BCUT2D eigenvalue weighted by Gasteiger charge is 2.30. The summed E-state index contributed by atoms with van der Waals surface area (Å²) in [5, 5.41) is 3.44. The first-order valence-electron chi connectivity index (χ1n) is 8.07. The molecule has 4 nitrogen and oxygen atoms in total. The second-order valence-electron chi connectivity index (χ2n) is 6.61.